The summed E-state index contributed by atoms with van der Waals surface area (Å²) in [5, 5.41) is 3.05. The Morgan fingerprint density at radius 1 is 0.927 bits per heavy atom. The maximum absolute atomic E-state index is 12.6. The Balaban J connectivity index is 1.45. The van der Waals surface area contributed by atoms with Crippen LogP contribution in [0, 0.1) is 22.7 Å². The van der Waals surface area contributed by atoms with Crippen molar-refractivity contribution in [3.63, 3.8) is 0 Å². The molecule has 6 nitrogen and oxygen atoms in total. The van der Waals surface area contributed by atoms with Crippen molar-refractivity contribution in [3.8, 4) is 23.1 Å². The predicted molar refractivity (Wildman–Crippen MR) is 168 cm³/mol. The lowest BCUT2D eigenvalue weighted by molar-refractivity contribution is 0.0490. The van der Waals surface area contributed by atoms with Crippen LogP contribution in [0.15, 0.2) is 53.7 Å². The summed E-state index contributed by atoms with van der Waals surface area (Å²) in [7, 11) is 0. The average Bonchev–Trinajstić information content (AvgIpc) is 3.50. The number of ether oxygens (including phenoxy) is 1. The molecule has 3 aromatic rings. The summed E-state index contributed by atoms with van der Waals surface area (Å²) in [6.45, 7) is 20.8. The van der Waals surface area contributed by atoms with Gasteiger partial charge in [-0.3, -0.25) is 4.99 Å². The minimum atomic E-state index is -0.561. The van der Waals surface area contributed by atoms with Gasteiger partial charge in [0, 0.05) is 29.2 Å². The van der Waals surface area contributed by atoms with Gasteiger partial charge in [0.05, 0.1) is 23.6 Å². The second kappa shape index (κ2) is 11.2. The number of carbonyl (C=O) groups excluding carboxylic acids is 1. The Morgan fingerprint density at radius 3 is 2.17 bits per heavy atom. The number of amides is 1. The molecule has 1 aliphatic rings. The normalized spacial score (nSPS) is 14.8. The summed E-state index contributed by atoms with van der Waals surface area (Å²) in [6, 6.07) is 14.1. The molecule has 0 saturated carbocycles. The lowest BCUT2D eigenvalue weighted by Crippen LogP contribution is -2.50. The van der Waals surface area contributed by atoms with Crippen molar-refractivity contribution in [1.29, 1.82) is 0 Å². The second-order valence-corrected chi connectivity index (χ2v) is 14.2. The highest BCUT2D eigenvalue weighted by molar-refractivity contribution is 6.00. The molecule has 0 fully saturated rings. The van der Waals surface area contributed by atoms with Gasteiger partial charge in [0.15, 0.2) is 0 Å². The number of rotatable bonds is 4. The number of benzene rings is 2. The Hall–Kier alpha value is -3.85. The summed E-state index contributed by atoms with van der Waals surface area (Å²) >= 11 is 0. The van der Waals surface area contributed by atoms with E-state index >= 15 is 0 Å². The highest BCUT2D eigenvalue weighted by atomic mass is 16.6. The topological polar surface area (TPSA) is 79.4 Å². The lowest BCUT2D eigenvalue weighted by atomic mass is 9.82. The van der Waals surface area contributed by atoms with Gasteiger partial charge in [-0.05, 0) is 73.1 Å². The van der Waals surface area contributed by atoms with Crippen LogP contribution in [-0.4, -0.2) is 33.4 Å². The van der Waals surface area contributed by atoms with Crippen LogP contribution in [0.5, 0.6) is 0 Å². The zero-order valence-electron chi connectivity index (χ0n) is 26.2. The van der Waals surface area contributed by atoms with Crippen molar-refractivity contribution < 1.29 is 9.53 Å². The molecule has 1 aliphatic heterocycles. The molecule has 2 aromatic carbocycles. The quantitative estimate of drug-likeness (QED) is 0.320. The first-order valence-corrected chi connectivity index (χ1v) is 14.4. The fourth-order valence-corrected chi connectivity index (χ4v) is 4.69. The van der Waals surface area contributed by atoms with Gasteiger partial charge in [-0.15, -0.1) is 0 Å². The van der Waals surface area contributed by atoms with Crippen molar-refractivity contribution in [2.75, 3.05) is 0 Å². The number of alkyl carbamates (subject to hydrolysis) is 1. The number of hydrogen-bond donors (Lipinski definition) is 2. The number of H-pyrrole nitrogens is 1. The first-order valence-electron chi connectivity index (χ1n) is 14.4. The molecule has 0 aliphatic carbocycles. The zero-order chi connectivity index (χ0) is 30.2. The van der Waals surface area contributed by atoms with E-state index < -0.39 is 11.7 Å². The summed E-state index contributed by atoms with van der Waals surface area (Å²) in [4.78, 5) is 25.6. The third-order valence-electron chi connectivity index (χ3n) is 7.43. The smallest absolute Gasteiger partial charge is 0.408 e. The van der Waals surface area contributed by atoms with Gasteiger partial charge < -0.3 is 15.0 Å². The Labute approximate surface area is 245 Å². The molecular formula is C35H44N4O2. The van der Waals surface area contributed by atoms with Crippen LogP contribution in [0.3, 0.4) is 0 Å². The van der Waals surface area contributed by atoms with E-state index in [0.29, 0.717) is 12.3 Å². The molecule has 41 heavy (non-hydrogen) atoms. The van der Waals surface area contributed by atoms with Crippen molar-refractivity contribution in [1.82, 2.24) is 15.3 Å². The molecule has 6 heteroatoms. The number of aromatic nitrogens is 2. The highest BCUT2D eigenvalue weighted by Gasteiger charge is 2.34. The number of hydrogen-bond acceptors (Lipinski definition) is 4. The molecule has 0 radical (unpaired) electrons. The maximum Gasteiger partial charge on any atom is 0.408 e. The third-order valence-corrected chi connectivity index (χ3v) is 7.43. The molecule has 2 atom stereocenters. The summed E-state index contributed by atoms with van der Waals surface area (Å²) in [5.41, 5.74) is 6.31. The van der Waals surface area contributed by atoms with E-state index in [1.807, 2.05) is 51.2 Å². The van der Waals surface area contributed by atoms with Gasteiger partial charge >= 0.3 is 6.09 Å². The Bertz CT molecular complexity index is 1500. The predicted octanol–water partition coefficient (Wildman–Crippen LogP) is 8.19. The van der Waals surface area contributed by atoms with Gasteiger partial charge in [0.2, 0.25) is 0 Å². The molecule has 1 amide bonds. The maximum atomic E-state index is 12.6. The lowest BCUT2D eigenvalue weighted by Gasteiger charge is -2.32. The van der Waals surface area contributed by atoms with E-state index in [0.717, 1.165) is 45.2 Å². The van der Waals surface area contributed by atoms with Crippen molar-refractivity contribution in [2.24, 2.45) is 15.8 Å². The van der Waals surface area contributed by atoms with Crippen LogP contribution >= 0.6 is 0 Å². The van der Waals surface area contributed by atoms with E-state index in [1.54, 1.807) is 0 Å². The molecule has 2 N–H and O–H groups in total. The van der Waals surface area contributed by atoms with Crippen molar-refractivity contribution in [3.05, 3.63) is 71.2 Å². The minimum absolute atomic E-state index is 0.144. The number of nitrogens with one attached hydrogen (secondary N) is 2. The summed E-state index contributed by atoms with van der Waals surface area (Å²) < 4.78 is 5.52. The number of fused-ring (bicyclic) bond motifs is 1. The van der Waals surface area contributed by atoms with Crippen molar-refractivity contribution in [2.45, 2.75) is 93.2 Å². The van der Waals surface area contributed by atoms with E-state index in [9.17, 15) is 4.79 Å². The molecule has 216 valence electrons. The standard InChI is InChI=1S/C35H44N4O2/c1-22(33(2,3)4)31-36-21-29(38-31)25-16-13-23(14-17-25)11-12-24-15-18-27-26(19-24)20-28(37-27)30(34(5,6)7)39-32(40)41-35(8,9)10/h13-19,21-22,30H,20H2,1-10H3,(H,36,38)(H,39,40)/t22-,30-/m1/s1. The number of imidazole rings is 1. The van der Waals surface area contributed by atoms with Crippen LogP contribution in [0.1, 0.15) is 97.7 Å². The zero-order valence-corrected chi connectivity index (χ0v) is 26.2. The van der Waals surface area contributed by atoms with E-state index in [-0.39, 0.29) is 16.9 Å². The van der Waals surface area contributed by atoms with E-state index in [1.165, 1.54) is 0 Å². The van der Waals surface area contributed by atoms with Crippen LogP contribution in [0.2, 0.25) is 0 Å². The molecule has 2 heterocycles. The number of aromatic amines is 1. The first-order chi connectivity index (χ1) is 19.0. The molecule has 0 unspecified atom stereocenters. The van der Waals surface area contributed by atoms with Gasteiger partial charge in [0.1, 0.15) is 11.4 Å². The highest BCUT2D eigenvalue weighted by Crippen LogP contribution is 2.34. The van der Waals surface area contributed by atoms with Gasteiger partial charge in [-0.1, -0.05) is 72.4 Å². The molecule has 1 aromatic heterocycles. The second-order valence-electron chi connectivity index (χ2n) is 14.2. The molecule has 0 bridgehead atoms. The molecule has 4 rings (SSSR count). The van der Waals surface area contributed by atoms with Gasteiger partial charge in [-0.25, -0.2) is 9.78 Å². The SMILES string of the molecule is C[C@H](c1ncc(-c2ccc(C#Cc3ccc4c(c3)CC([C@@H](NC(=O)OC(C)(C)C)C(C)(C)C)=N4)cc2)[nH]1)C(C)(C)C. The van der Waals surface area contributed by atoms with Crippen LogP contribution in [0.4, 0.5) is 10.5 Å². The Kier molecular flexibility index (Phi) is 8.23. The minimum Gasteiger partial charge on any atom is -0.444 e. The van der Waals surface area contributed by atoms with Gasteiger partial charge in [0.25, 0.3) is 0 Å². The van der Waals surface area contributed by atoms with Crippen LogP contribution in [-0.2, 0) is 11.2 Å². The van der Waals surface area contributed by atoms with Crippen LogP contribution < -0.4 is 5.32 Å². The summed E-state index contributed by atoms with van der Waals surface area (Å²) in [6.07, 6.45) is 2.14. The first kappa shape index (κ1) is 30.1. The largest absolute Gasteiger partial charge is 0.444 e. The number of aliphatic imine (C=N–C) groups is 1. The van der Waals surface area contributed by atoms with Crippen molar-refractivity contribution >= 4 is 17.5 Å². The number of nitrogens with zero attached hydrogens (tertiary/aromatic N) is 2. The van der Waals surface area contributed by atoms with E-state index in [2.05, 4.69) is 93.8 Å². The molecule has 0 saturated heterocycles. The third kappa shape index (κ3) is 7.67. The molecular weight excluding hydrogens is 508 g/mol. The molecule has 0 spiro atoms. The monoisotopic (exact) mass is 552 g/mol. The fraction of sp³-hybridized carbons (Fsp3) is 0.457. The van der Waals surface area contributed by atoms with Crippen LogP contribution in [0.25, 0.3) is 11.3 Å². The summed E-state index contributed by atoms with van der Waals surface area (Å²) in [5.74, 6) is 7.94. The average molecular weight is 553 g/mol. The fourth-order valence-electron chi connectivity index (χ4n) is 4.69. The van der Waals surface area contributed by atoms with Gasteiger partial charge in [-0.2, -0.15) is 0 Å². The number of carbonyl (C=O) groups is 1. The van der Waals surface area contributed by atoms with E-state index in [4.69, 9.17) is 9.73 Å². The Morgan fingerprint density at radius 2 is 1.56 bits per heavy atom.